The van der Waals surface area contributed by atoms with E-state index in [1.165, 1.54) is 43.1 Å². The van der Waals surface area contributed by atoms with Gasteiger partial charge in [-0.15, -0.1) is 0 Å². The first-order chi connectivity index (χ1) is 13.9. The fourth-order valence-electron chi connectivity index (χ4n) is 4.23. The molecule has 0 aliphatic rings. The van der Waals surface area contributed by atoms with Gasteiger partial charge in [-0.3, -0.25) is 0 Å². The molecule has 0 amide bonds. The van der Waals surface area contributed by atoms with Gasteiger partial charge in [0.15, 0.2) is 5.82 Å². The molecule has 1 aromatic heterocycles. The molecule has 0 saturated carbocycles. The summed E-state index contributed by atoms with van der Waals surface area (Å²) in [6.45, 7) is 0. The highest BCUT2D eigenvalue weighted by molar-refractivity contribution is 6.27. The molecular weight excluding hydrogens is 340 g/mol. The number of aromatic nitrogens is 2. The summed E-state index contributed by atoms with van der Waals surface area (Å²) >= 11 is 0. The van der Waals surface area contributed by atoms with Gasteiger partial charge in [0.25, 0.3) is 0 Å². The van der Waals surface area contributed by atoms with Gasteiger partial charge in [0, 0.05) is 18.0 Å². The van der Waals surface area contributed by atoms with Crippen LogP contribution in [0.15, 0.2) is 97.3 Å². The molecule has 0 aliphatic heterocycles. The number of rotatable bonds is 1. The minimum atomic E-state index is 0.756. The van der Waals surface area contributed by atoms with E-state index in [1.54, 1.807) is 12.4 Å². The van der Waals surface area contributed by atoms with Gasteiger partial charge in [-0.05, 0) is 55.2 Å². The van der Waals surface area contributed by atoms with Crippen molar-refractivity contribution in [2.45, 2.75) is 0 Å². The summed E-state index contributed by atoms with van der Waals surface area (Å²) in [5.74, 6) is 0.756. The normalized spacial score (nSPS) is 11.6. The van der Waals surface area contributed by atoms with Gasteiger partial charge in [-0.2, -0.15) is 0 Å². The summed E-state index contributed by atoms with van der Waals surface area (Å²) in [6.07, 6.45) is 3.58. The van der Waals surface area contributed by atoms with E-state index in [0.29, 0.717) is 0 Å². The molecule has 0 fully saturated rings. The lowest BCUT2D eigenvalue weighted by Crippen LogP contribution is -1.88. The van der Waals surface area contributed by atoms with Crippen LogP contribution in [-0.4, -0.2) is 9.97 Å². The molecule has 130 valence electrons. The molecule has 0 spiro atoms. The Morgan fingerprint density at radius 2 is 1.04 bits per heavy atom. The van der Waals surface area contributed by atoms with Crippen LogP contribution in [0.25, 0.3) is 54.5 Å². The molecule has 6 rings (SSSR count). The van der Waals surface area contributed by atoms with E-state index in [1.807, 2.05) is 6.07 Å². The van der Waals surface area contributed by atoms with Crippen molar-refractivity contribution in [2.75, 3.05) is 0 Å². The molecule has 0 atom stereocenters. The number of hydrogen-bond acceptors (Lipinski definition) is 2. The fourth-order valence-corrected chi connectivity index (χ4v) is 4.23. The lowest BCUT2D eigenvalue weighted by Gasteiger charge is -2.12. The predicted molar refractivity (Wildman–Crippen MR) is 117 cm³/mol. The van der Waals surface area contributed by atoms with Crippen molar-refractivity contribution in [3.63, 3.8) is 0 Å². The van der Waals surface area contributed by atoms with Crippen molar-refractivity contribution in [3.05, 3.63) is 97.3 Å². The van der Waals surface area contributed by atoms with Gasteiger partial charge >= 0.3 is 0 Å². The van der Waals surface area contributed by atoms with Gasteiger partial charge in [0.1, 0.15) is 0 Å². The first-order valence-corrected chi connectivity index (χ1v) is 9.43. The zero-order chi connectivity index (χ0) is 18.5. The van der Waals surface area contributed by atoms with Crippen LogP contribution in [0.4, 0.5) is 0 Å². The number of fused-ring (bicyclic) bond motifs is 7. The first kappa shape index (κ1) is 15.3. The van der Waals surface area contributed by atoms with Crippen molar-refractivity contribution in [2.24, 2.45) is 0 Å². The molecule has 0 unspecified atom stereocenters. The predicted octanol–water partition coefficient (Wildman–Crippen LogP) is 6.76. The van der Waals surface area contributed by atoms with Crippen LogP contribution in [-0.2, 0) is 0 Å². The minimum absolute atomic E-state index is 0.756. The second kappa shape index (κ2) is 5.86. The van der Waals surface area contributed by atoms with Gasteiger partial charge < -0.3 is 0 Å². The number of hydrogen-bond donors (Lipinski definition) is 0. The molecule has 2 heteroatoms. The molecule has 2 nitrogen and oxygen atoms in total. The Morgan fingerprint density at radius 3 is 1.79 bits per heavy atom. The Bertz CT molecular complexity index is 1490. The zero-order valence-corrected chi connectivity index (χ0v) is 15.1. The summed E-state index contributed by atoms with van der Waals surface area (Å²) in [5.41, 5.74) is 1.04. The standard InChI is InChI=1S/C26H16N2/c1-2-5-22-17(4-1)6-9-19-11-12-20-10-7-18-8-13-21(26-27-14-3-15-28-26)16-23(18)25(20)24(19)22/h1-16H. The van der Waals surface area contributed by atoms with Gasteiger partial charge in [-0.1, -0.05) is 72.8 Å². The maximum atomic E-state index is 4.44. The summed E-state index contributed by atoms with van der Waals surface area (Å²) in [6, 6.07) is 30.3. The Hall–Kier alpha value is -3.78. The summed E-state index contributed by atoms with van der Waals surface area (Å²) in [5, 5.41) is 10.2. The highest BCUT2D eigenvalue weighted by Crippen LogP contribution is 2.37. The largest absolute Gasteiger partial charge is 0.237 e. The van der Waals surface area contributed by atoms with E-state index >= 15 is 0 Å². The Labute approximate surface area is 162 Å². The lowest BCUT2D eigenvalue weighted by molar-refractivity contribution is 1.18. The van der Waals surface area contributed by atoms with Gasteiger partial charge in [-0.25, -0.2) is 9.97 Å². The molecule has 0 radical (unpaired) electrons. The maximum Gasteiger partial charge on any atom is 0.159 e. The third-order valence-corrected chi connectivity index (χ3v) is 5.53. The Morgan fingerprint density at radius 1 is 0.464 bits per heavy atom. The van der Waals surface area contributed by atoms with Crippen LogP contribution in [0.1, 0.15) is 0 Å². The van der Waals surface area contributed by atoms with E-state index in [2.05, 4.69) is 88.8 Å². The topological polar surface area (TPSA) is 25.8 Å². The third-order valence-electron chi connectivity index (χ3n) is 5.53. The average Bonchev–Trinajstić information content (AvgIpc) is 2.78. The zero-order valence-electron chi connectivity index (χ0n) is 15.1. The molecular formula is C26H16N2. The molecule has 6 aromatic rings. The molecule has 0 aliphatic carbocycles. The van der Waals surface area contributed by atoms with E-state index in [4.69, 9.17) is 0 Å². The van der Waals surface area contributed by atoms with Crippen molar-refractivity contribution in [1.29, 1.82) is 0 Å². The fraction of sp³-hybridized carbons (Fsp3) is 0. The molecule has 1 heterocycles. The highest BCUT2D eigenvalue weighted by atomic mass is 14.8. The lowest BCUT2D eigenvalue weighted by atomic mass is 9.92. The molecule has 28 heavy (non-hydrogen) atoms. The van der Waals surface area contributed by atoms with Gasteiger partial charge in [0.05, 0.1) is 0 Å². The summed E-state index contributed by atoms with van der Waals surface area (Å²) < 4.78 is 0. The summed E-state index contributed by atoms with van der Waals surface area (Å²) in [4.78, 5) is 8.87. The second-order valence-corrected chi connectivity index (χ2v) is 7.12. The number of benzene rings is 5. The van der Waals surface area contributed by atoms with Crippen LogP contribution in [0, 0.1) is 0 Å². The minimum Gasteiger partial charge on any atom is -0.237 e. The monoisotopic (exact) mass is 356 g/mol. The highest BCUT2D eigenvalue weighted by Gasteiger charge is 2.10. The third kappa shape index (κ3) is 2.21. The van der Waals surface area contributed by atoms with Crippen molar-refractivity contribution >= 4 is 43.1 Å². The second-order valence-electron chi connectivity index (χ2n) is 7.12. The van der Waals surface area contributed by atoms with Crippen LogP contribution in [0.2, 0.25) is 0 Å². The Balaban J connectivity index is 1.83. The molecule has 0 bridgehead atoms. The van der Waals surface area contributed by atoms with Crippen molar-refractivity contribution < 1.29 is 0 Å². The molecule has 0 N–H and O–H groups in total. The van der Waals surface area contributed by atoms with E-state index < -0.39 is 0 Å². The quantitative estimate of drug-likeness (QED) is 0.304. The maximum absolute atomic E-state index is 4.44. The van der Waals surface area contributed by atoms with Gasteiger partial charge in [0.2, 0.25) is 0 Å². The number of nitrogens with zero attached hydrogens (tertiary/aromatic N) is 2. The summed E-state index contributed by atoms with van der Waals surface area (Å²) in [7, 11) is 0. The SMILES string of the molecule is c1cnc(-c2ccc3ccc4ccc5ccc6ccccc6c5c4c3c2)nc1. The Kier molecular flexibility index (Phi) is 3.20. The molecule has 0 saturated heterocycles. The van der Waals surface area contributed by atoms with Crippen LogP contribution >= 0.6 is 0 Å². The van der Waals surface area contributed by atoms with Crippen LogP contribution < -0.4 is 0 Å². The van der Waals surface area contributed by atoms with Crippen molar-refractivity contribution in [3.8, 4) is 11.4 Å². The first-order valence-electron chi connectivity index (χ1n) is 9.43. The molecule has 5 aromatic carbocycles. The van der Waals surface area contributed by atoms with Crippen LogP contribution in [0.5, 0.6) is 0 Å². The smallest absolute Gasteiger partial charge is 0.159 e. The van der Waals surface area contributed by atoms with E-state index in [0.717, 1.165) is 11.4 Å². The van der Waals surface area contributed by atoms with Crippen LogP contribution in [0.3, 0.4) is 0 Å². The van der Waals surface area contributed by atoms with E-state index in [-0.39, 0.29) is 0 Å². The van der Waals surface area contributed by atoms with E-state index in [9.17, 15) is 0 Å². The average molecular weight is 356 g/mol. The van der Waals surface area contributed by atoms with Crippen molar-refractivity contribution in [1.82, 2.24) is 9.97 Å².